The summed E-state index contributed by atoms with van der Waals surface area (Å²) in [6.07, 6.45) is 0. The van der Waals surface area contributed by atoms with Crippen LogP contribution in [-0.4, -0.2) is 4.92 Å². The van der Waals surface area contributed by atoms with E-state index in [1.165, 1.54) is 0 Å². The number of benzene rings is 1. The molecule has 0 aliphatic heterocycles. The maximum Gasteiger partial charge on any atom is 0.271 e. The van der Waals surface area contributed by atoms with Crippen molar-refractivity contribution >= 4 is 11.4 Å². The molecule has 0 fully saturated rings. The summed E-state index contributed by atoms with van der Waals surface area (Å²) < 4.78 is 5.51. The minimum absolute atomic E-state index is 0.0221. The molecule has 0 saturated carbocycles. The molecule has 20 heavy (non-hydrogen) atoms. The zero-order valence-corrected chi connectivity index (χ0v) is 12.1. The van der Waals surface area contributed by atoms with Crippen molar-refractivity contribution in [1.82, 2.24) is 0 Å². The second-order valence-electron chi connectivity index (χ2n) is 5.05. The third kappa shape index (κ3) is 2.99. The maximum absolute atomic E-state index is 10.9. The molecule has 0 radical (unpaired) electrons. The smallest absolute Gasteiger partial charge is 0.271 e. The average Bonchev–Trinajstić information content (AvgIpc) is 2.67. The van der Waals surface area contributed by atoms with Gasteiger partial charge in [-0.3, -0.25) is 10.1 Å². The van der Waals surface area contributed by atoms with Crippen LogP contribution < -0.4 is 5.32 Å². The lowest BCUT2D eigenvalue weighted by molar-refractivity contribution is -0.384. The number of nitrogens with one attached hydrogen (secondary N) is 1. The minimum atomic E-state index is -0.379. The highest BCUT2D eigenvalue weighted by Gasteiger charge is 2.14. The minimum Gasteiger partial charge on any atom is -0.466 e. The number of hydrogen-bond acceptors (Lipinski definition) is 4. The Kier molecular flexibility index (Phi) is 3.79. The van der Waals surface area contributed by atoms with Gasteiger partial charge in [0.25, 0.3) is 5.69 Å². The number of anilines is 1. The third-order valence-electron chi connectivity index (χ3n) is 3.20. The van der Waals surface area contributed by atoms with E-state index >= 15 is 0 Å². The lowest BCUT2D eigenvalue weighted by Gasteiger charge is -2.15. The molecule has 0 aliphatic rings. The zero-order valence-electron chi connectivity index (χ0n) is 12.1. The molecule has 5 heteroatoms. The van der Waals surface area contributed by atoms with E-state index in [0.717, 1.165) is 28.3 Å². The Hall–Kier alpha value is -2.30. The summed E-state index contributed by atoms with van der Waals surface area (Å²) in [7, 11) is 0. The molecule has 2 rings (SSSR count). The van der Waals surface area contributed by atoms with Crippen LogP contribution in [0.15, 0.2) is 28.7 Å². The van der Waals surface area contributed by atoms with Crippen molar-refractivity contribution in [3.8, 4) is 0 Å². The highest BCUT2D eigenvalue weighted by Crippen LogP contribution is 2.27. The highest BCUT2D eigenvalue weighted by atomic mass is 16.6. The van der Waals surface area contributed by atoms with Crippen molar-refractivity contribution in [3.05, 3.63) is 57.0 Å². The van der Waals surface area contributed by atoms with Crippen molar-refractivity contribution in [1.29, 1.82) is 0 Å². The Labute approximate surface area is 117 Å². The molecule has 1 aromatic heterocycles. The topological polar surface area (TPSA) is 68.3 Å². The van der Waals surface area contributed by atoms with Crippen LogP contribution in [-0.2, 0) is 0 Å². The fraction of sp³-hybridized carbons (Fsp3) is 0.333. The van der Waals surface area contributed by atoms with E-state index in [-0.39, 0.29) is 16.7 Å². The van der Waals surface area contributed by atoms with Crippen molar-refractivity contribution in [3.63, 3.8) is 0 Å². The Balaban J connectivity index is 2.25. The van der Waals surface area contributed by atoms with Gasteiger partial charge in [-0.25, -0.2) is 0 Å². The van der Waals surface area contributed by atoms with E-state index in [1.807, 2.05) is 39.8 Å². The molecule has 0 spiro atoms. The quantitative estimate of drug-likeness (QED) is 0.667. The van der Waals surface area contributed by atoms with E-state index in [1.54, 1.807) is 12.1 Å². The average molecular weight is 274 g/mol. The number of nitrogens with zero attached hydrogens (tertiary/aromatic N) is 1. The molecule has 1 N–H and O–H groups in total. The predicted octanol–water partition coefficient (Wildman–Crippen LogP) is 4.29. The molecule has 1 atom stereocenters. The van der Waals surface area contributed by atoms with Crippen LogP contribution in [0.5, 0.6) is 0 Å². The first-order chi connectivity index (χ1) is 9.36. The number of rotatable bonds is 4. The first-order valence-corrected chi connectivity index (χ1v) is 6.46. The van der Waals surface area contributed by atoms with Gasteiger partial charge in [-0.05, 0) is 45.4 Å². The molecular formula is C15H18N2O3. The molecular weight excluding hydrogens is 256 g/mol. The molecule has 2 aromatic rings. The number of aryl methyl sites for hydroxylation is 3. The van der Waals surface area contributed by atoms with Crippen LogP contribution in [0.1, 0.15) is 35.6 Å². The van der Waals surface area contributed by atoms with Crippen LogP contribution in [0.25, 0.3) is 0 Å². The van der Waals surface area contributed by atoms with Crippen molar-refractivity contribution in [2.75, 3.05) is 5.32 Å². The number of hydrogen-bond donors (Lipinski definition) is 1. The standard InChI is InChI=1S/C15H18N2O3/c1-9-5-13(8-14(6-9)17(18)19)16-11(3)15-7-10(2)20-12(15)4/h5-8,11,16H,1-4H3. The van der Waals surface area contributed by atoms with Crippen LogP contribution in [0, 0.1) is 30.9 Å². The summed E-state index contributed by atoms with van der Waals surface area (Å²) in [5, 5.41) is 14.2. The van der Waals surface area contributed by atoms with Crippen LogP contribution in [0.2, 0.25) is 0 Å². The summed E-state index contributed by atoms with van der Waals surface area (Å²) in [6.45, 7) is 7.67. The molecule has 1 unspecified atom stereocenters. The summed E-state index contributed by atoms with van der Waals surface area (Å²) in [5.41, 5.74) is 2.75. The Morgan fingerprint density at radius 1 is 1.20 bits per heavy atom. The van der Waals surface area contributed by atoms with Gasteiger partial charge in [0.15, 0.2) is 0 Å². The summed E-state index contributed by atoms with van der Waals surface area (Å²) in [5.74, 6) is 1.73. The van der Waals surface area contributed by atoms with E-state index < -0.39 is 0 Å². The van der Waals surface area contributed by atoms with E-state index in [9.17, 15) is 10.1 Å². The Morgan fingerprint density at radius 2 is 1.90 bits per heavy atom. The van der Waals surface area contributed by atoms with Crippen molar-refractivity contribution in [2.24, 2.45) is 0 Å². The first kappa shape index (κ1) is 14.1. The van der Waals surface area contributed by atoms with E-state index in [2.05, 4.69) is 5.32 Å². The summed E-state index contributed by atoms with van der Waals surface area (Å²) in [6, 6.07) is 7.01. The number of nitro benzene ring substituents is 1. The van der Waals surface area contributed by atoms with E-state index in [0.29, 0.717) is 0 Å². The van der Waals surface area contributed by atoms with Crippen molar-refractivity contribution in [2.45, 2.75) is 33.7 Å². The summed E-state index contributed by atoms with van der Waals surface area (Å²) in [4.78, 5) is 10.5. The Bertz CT molecular complexity index is 647. The molecule has 0 aliphatic carbocycles. The van der Waals surface area contributed by atoms with Gasteiger partial charge in [0.05, 0.1) is 11.0 Å². The molecule has 0 amide bonds. The van der Waals surface area contributed by atoms with Gasteiger partial charge in [0, 0.05) is 23.4 Å². The maximum atomic E-state index is 10.9. The Morgan fingerprint density at radius 3 is 2.45 bits per heavy atom. The molecule has 0 saturated heterocycles. The number of furan rings is 1. The largest absolute Gasteiger partial charge is 0.466 e. The highest BCUT2D eigenvalue weighted by molar-refractivity contribution is 5.55. The van der Waals surface area contributed by atoms with Gasteiger partial charge < -0.3 is 9.73 Å². The second-order valence-corrected chi connectivity index (χ2v) is 5.05. The van der Waals surface area contributed by atoms with Crippen LogP contribution in [0.3, 0.4) is 0 Å². The van der Waals surface area contributed by atoms with Gasteiger partial charge in [0.2, 0.25) is 0 Å². The van der Waals surface area contributed by atoms with Crippen molar-refractivity contribution < 1.29 is 9.34 Å². The van der Waals surface area contributed by atoms with Gasteiger partial charge in [-0.2, -0.15) is 0 Å². The van der Waals surface area contributed by atoms with Gasteiger partial charge in [0.1, 0.15) is 11.5 Å². The molecule has 106 valence electrons. The fourth-order valence-corrected chi connectivity index (χ4v) is 2.36. The lowest BCUT2D eigenvalue weighted by Crippen LogP contribution is -2.07. The summed E-state index contributed by atoms with van der Waals surface area (Å²) >= 11 is 0. The normalized spacial score (nSPS) is 12.2. The molecule has 1 heterocycles. The number of non-ortho nitro benzene ring substituents is 1. The fourth-order valence-electron chi connectivity index (χ4n) is 2.36. The molecule has 1 aromatic carbocycles. The van der Waals surface area contributed by atoms with E-state index in [4.69, 9.17) is 4.42 Å². The first-order valence-electron chi connectivity index (χ1n) is 6.46. The van der Waals surface area contributed by atoms with Crippen LogP contribution >= 0.6 is 0 Å². The zero-order chi connectivity index (χ0) is 14.9. The van der Waals surface area contributed by atoms with Crippen LogP contribution in [0.4, 0.5) is 11.4 Å². The lowest BCUT2D eigenvalue weighted by atomic mass is 10.1. The number of nitro groups is 1. The predicted molar refractivity (Wildman–Crippen MR) is 78.1 cm³/mol. The second kappa shape index (κ2) is 5.36. The monoisotopic (exact) mass is 274 g/mol. The molecule has 0 bridgehead atoms. The van der Waals surface area contributed by atoms with Gasteiger partial charge in [-0.15, -0.1) is 0 Å². The third-order valence-corrected chi connectivity index (χ3v) is 3.20. The van der Waals surface area contributed by atoms with Gasteiger partial charge in [-0.1, -0.05) is 0 Å². The van der Waals surface area contributed by atoms with Gasteiger partial charge >= 0.3 is 0 Å². The molecule has 5 nitrogen and oxygen atoms in total. The SMILES string of the molecule is Cc1cc(NC(C)c2cc(C)oc2C)cc([N+](=O)[O-])c1.